The Labute approximate surface area is 548 Å². The summed E-state index contributed by atoms with van der Waals surface area (Å²) >= 11 is 0. The number of ketones is 1. The molecular formula is C72H83BF20N2O. The molecule has 0 bridgehead atoms. The Bertz CT molecular complexity index is 3080. The zero-order valence-electron chi connectivity index (χ0n) is 54.2. The normalized spacial score (nSPS) is 11.7. The minimum atomic E-state index is -7.22. The van der Waals surface area contributed by atoms with Crippen molar-refractivity contribution in [2.75, 3.05) is 0 Å². The molecule has 5 aromatic carbocycles. The number of aromatic nitrogens is 2. The third-order valence-electron chi connectivity index (χ3n) is 17.8. The first kappa shape index (κ1) is 80.2. The molecule has 0 aliphatic heterocycles. The van der Waals surface area contributed by atoms with Crippen LogP contribution >= 0.6 is 0 Å². The molecule has 0 radical (unpaired) electrons. The van der Waals surface area contributed by atoms with Crippen molar-refractivity contribution >= 4 is 33.8 Å². The van der Waals surface area contributed by atoms with Gasteiger partial charge < -0.3 is 0 Å². The maximum atomic E-state index is 15.4. The van der Waals surface area contributed by atoms with E-state index in [2.05, 4.69) is 18.4 Å². The molecule has 6 rings (SSSR count). The van der Waals surface area contributed by atoms with Crippen molar-refractivity contribution < 1.29 is 97.2 Å². The molecule has 96 heavy (non-hydrogen) atoms. The lowest BCUT2D eigenvalue weighted by atomic mass is 9.12. The highest BCUT2D eigenvalue weighted by molar-refractivity contribution is 7.20. The van der Waals surface area contributed by atoms with Gasteiger partial charge in [0.1, 0.15) is 58.4 Å². The maximum Gasteiger partial charge on any atom is 0.227 e. The number of Topliss-reactive ketones (excluding diaryl/α,β-unsaturated/α-hetero) is 1. The highest BCUT2D eigenvalue weighted by Crippen LogP contribution is 2.31. The van der Waals surface area contributed by atoms with E-state index in [0.29, 0.717) is 6.54 Å². The molecule has 0 unspecified atom stereocenters. The van der Waals surface area contributed by atoms with Crippen LogP contribution in [0, 0.1) is 116 Å². The molecule has 6 aromatic rings. The van der Waals surface area contributed by atoms with Crippen LogP contribution in [0.25, 0.3) is 0 Å². The summed E-state index contributed by atoms with van der Waals surface area (Å²) in [6, 6.07) is 9.79. The number of nitrogens with zero attached hydrogens (tertiary/aromatic N) is 2. The Morgan fingerprint density at radius 2 is 0.542 bits per heavy atom. The van der Waals surface area contributed by atoms with Gasteiger partial charge in [0.2, 0.25) is 18.0 Å². The average Bonchev–Trinajstić information content (AvgIpc) is 0.683. The molecule has 1 heterocycles. The van der Waals surface area contributed by atoms with Crippen LogP contribution in [0.3, 0.4) is 0 Å². The van der Waals surface area contributed by atoms with Gasteiger partial charge in [-0.15, -0.1) is 21.9 Å². The van der Waals surface area contributed by atoms with E-state index in [0.717, 1.165) is 18.4 Å². The van der Waals surface area contributed by atoms with E-state index in [1.807, 2.05) is 42.7 Å². The molecule has 1 aromatic heterocycles. The second-order valence-corrected chi connectivity index (χ2v) is 24.6. The van der Waals surface area contributed by atoms with Gasteiger partial charge in [-0.25, -0.2) is 92.8 Å². The fraction of sp³-hybridized carbons (Fsp3) is 0.514. The van der Waals surface area contributed by atoms with Gasteiger partial charge in [-0.2, -0.15) is 4.57 Å². The summed E-state index contributed by atoms with van der Waals surface area (Å²) in [5.41, 5.74) is -11.0. The molecule has 0 spiro atoms. The molecule has 530 valence electrons. The van der Waals surface area contributed by atoms with Gasteiger partial charge in [0.25, 0.3) is 0 Å². The van der Waals surface area contributed by atoms with Crippen LogP contribution in [0.4, 0.5) is 87.8 Å². The van der Waals surface area contributed by atoms with Crippen LogP contribution in [-0.4, -0.2) is 16.9 Å². The first-order valence-electron chi connectivity index (χ1n) is 33.6. The molecule has 0 N–H and O–H groups in total. The largest absolute Gasteiger partial charge is 0.287 e. The van der Waals surface area contributed by atoms with Crippen LogP contribution in [0.5, 0.6) is 0 Å². The molecule has 3 nitrogen and oxygen atoms in total. The van der Waals surface area contributed by atoms with Gasteiger partial charge in [0.05, 0.1) is 6.20 Å². The van der Waals surface area contributed by atoms with Gasteiger partial charge in [0, 0.05) is 12.0 Å². The van der Waals surface area contributed by atoms with Crippen molar-refractivity contribution in [2.45, 2.75) is 239 Å². The standard InChI is InChI=1S/C48H83N2O.C24BF20/c1-3-5-7-9-11-13-15-17-19-21-23-25-27-29-31-36-40-46-47(50(43-42-49-46)44-48(51)45-38-34-33-35-39-45)41-37-32-30-28-26-24-22-20-18-16-14-12-10-8-6-4-2;26-5-1(6(27)14(35)21(42)13(5)34)25(2-7(28)15(36)22(43)16(37)8(2)29,3-9(30)17(38)23(44)18(39)10(3)31)4-11(32)19(40)24(45)20(41)12(4)33/h33-35,38-39,42-43H,3-32,36-37,40-41,44H2,1-2H3;/q+1;-1. The summed E-state index contributed by atoms with van der Waals surface area (Å²) in [6.45, 7) is 5.01. The SMILES string of the molecule is CCCCCCCCCCCCCCCCCCc1ncc[n+](CC(=O)c2ccccc2)c1CCCCCCCCCCCCCCCCCC.Fc1c(F)c(F)c([B-](c2c(F)c(F)c(F)c(F)c2F)(c2c(F)c(F)c(F)c(F)c2F)c2c(F)c(F)c(F)c(F)c2F)c(F)c1F. The van der Waals surface area contributed by atoms with E-state index in [1.165, 1.54) is 217 Å². The van der Waals surface area contributed by atoms with Gasteiger partial charge >= 0.3 is 0 Å². The van der Waals surface area contributed by atoms with E-state index < -0.39 is 144 Å². The molecule has 0 saturated heterocycles. The number of carbonyl (C=O) groups excluding carboxylic acids is 1. The molecular weight excluding hydrogens is 1300 g/mol. The highest BCUT2D eigenvalue weighted by atomic mass is 19.2. The van der Waals surface area contributed by atoms with Crippen LogP contribution in [0.15, 0.2) is 42.7 Å². The Balaban J connectivity index is 0.000000349. The van der Waals surface area contributed by atoms with Gasteiger partial charge in [-0.05, 0) is 19.3 Å². The number of aryl methyl sites for hydroxylation is 1. The smallest absolute Gasteiger partial charge is 0.227 e. The lowest BCUT2D eigenvalue weighted by Crippen LogP contribution is -2.81. The minimum absolute atomic E-state index is 0.188. The zero-order chi connectivity index (χ0) is 70.6. The predicted molar refractivity (Wildman–Crippen MR) is 331 cm³/mol. The van der Waals surface area contributed by atoms with Crippen LogP contribution < -0.4 is 26.4 Å². The predicted octanol–water partition coefficient (Wildman–Crippen LogP) is 20.7. The van der Waals surface area contributed by atoms with Crippen molar-refractivity contribution in [1.29, 1.82) is 0 Å². The summed E-state index contributed by atoms with van der Waals surface area (Å²) in [7, 11) is 0. The highest BCUT2D eigenvalue weighted by Gasteiger charge is 2.52. The van der Waals surface area contributed by atoms with Gasteiger partial charge in [-0.1, -0.05) is 237 Å². The Morgan fingerprint density at radius 1 is 0.312 bits per heavy atom. The van der Waals surface area contributed by atoms with Crippen molar-refractivity contribution in [1.82, 2.24) is 4.98 Å². The summed E-state index contributed by atoms with van der Waals surface area (Å²) in [5, 5.41) is 0. The second kappa shape index (κ2) is 40.4. The van der Waals surface area contributed by atoms with Gasteiger partial charge in [-0.3, -0.25) is 4.79 Å². The van der Waals surface area contributed by atoms with E-state index in [1.54, 1.807) is 0 Å². The lowest BCUT2D eigenvalue weighted by molar-refractivity contribution is -0.691. The summed E-state index contributed by atoms with van der Waals surface area (Å²) in [4.78, 5) is 18.1. The van der Waals surface area contributed by atoms with E-state index in [4.69, 9.17) is 4.98 Å². The van der Waals surface area contributed by atoms with Crippen molar-refractivity contribution in [3.63, 3.8) is 0 Å². The van der Waals surface area contributed by atoms with Crippen LogP contribution in [-0.2, 0) is 19.4 Å². The third-order valence-corrected chi connectivity index (χ3v) is 17.8. The van der Waals surface area contributed by atoms with Crippen LogP contribution in [0.2, 0.25) is 0 Å². The van der Waals surface area contributed by atoms with Crippen LogP contribution in [0.1, 0.15) is 241 Å². The Hall–Kier alpha value is -6.49. The number of carbonyl (C=O) groups is 1. The molecule has 0 fully saturated rings. The number of hydrogen-bond acceptors (Lipinski definition) is 2. The average molecular weight is 1380 g/mol. The molecule has 0 saturated carbocycles. The number of rotatable bonds is 41. The second-order valence-electron chi connectivity index (χ2n) is 24.6. The van der Waals surface area contributed by atoms with E-state index in [-0.39, 0.29) is 5.78 Å². The van der Waals surface area contributed by atoms with Crippen molar-refractivity contribution in [3.05, 3.63) is 176 Å². The summed E-state index contributed by atoms with van der Waals surface area (Å²) in [6.07, 6.45) is 43.4. The molecule has 0 aliphatic rings. The first-order chi connectivity index (χ1) is 46.0. The topological polar surface area (TPSA) is 33.8 Å². The Kier molecular flexibility index (Phi) is 33.8. The van der Waals surface area contributed by atoms with Gasteiger partial charge in [0.15, 0.2) is 76.0 Å². The molecule has 0 aliphatic carbocycles. The fourth-order valence-corrected chi connectivity index (χ4v) is 12.6. The van der Waals surface area contributed by atoms with E-state index >= 15 is 35.1 Å². The van der Waals surface area contributed by atoms with Crippen molar-refractivity contribution in [2.24, 2.45) is 0 Å². The number of benzene rings is 5. The molecule has 0 amide bonds. The Morgan fingerprint density at radius 3 is 0.802 bits per heavy atom. The first-order valence-corrected chi connectivity index (χ1v) is 33.6. The molecule has 0 atom stereocenters. The third kappa shape index (κ3) is 20.3. The fourth-order valence-electron chi connectivity index (χ4n) is 12.6. The number of unbranched alkanes of at least 4 members (excludes halogenated alkanes) is 30. The lowest BCUT2D eigenvalue weighted by Gasteiger charge is -2.44. The summed E-state index contributed by atoms with van der Waals surface area (Å²) < 4.78 is 296. The maximum absolute atomic E-state index is 15.4. The zero-order valence-corrected chi connectivity index (χ0v) is 54.2. The monoisotopic (exact) mass is 1380 g/mol. The quantitative estimate of drug-likeness (QED) is 0.00729. The number of hydrogen-bond donors (Lipinski definition) is 0. The molecule has 24 heteroatoms. The minimum Gasteiger partial charge on any atom is -0.287 e. The van der Waals surface area contributed by atoms with E-state index in [9.17, 15) is 57.5 Å². The van der Waals surface area contributed by atoms with Crippen molar-refractivity contribution in [3.8, 4) is 0 Å². The number of halogens is 20. The summed E-state index contributed by atoms with van der Waals surface area (Å²) in [5.74, 6) is -71.2.